The summed E-state index contributed by atoms with van der Waals surface area (Å²) < 4.78 is 5.05. The highest BCUT2D eigenvalue weighted by molar-refractivity contribution is 9.09. The third-order valence-corrected chi connectivity index (χ3v) is 5.00. The molecule has 3 nitrogen and oxygen atoms in total. The molecule has 0 spiro atoms. The zero-order chi connectivity index (χ0) is 11.6. The van der Waals surface area contributed by atoms with Gasteiger partial charge in [0.2, 0.25) is 0 Å². The first-order chi connectivity index (χ1) is 7.69. The zero-order valence-corrected chi connectivity index (χ0v) is 11.5. The molecule has 0 saturated heterocycles. The molecule has 0 aromatic carbocycles. The number of carbonyl (C=O) groups is 1. The molecule has 1 N–H and O–H groups in total. The van der Waals surface area contributed by atoms with Crippen LogP contribution in [0.25, 0.3) is 0 Å². The molecule has 1 fully saturated rings. The van der Waals surface area contributed by atoms with E-state index in [1.807, 2.05) is 5.38 Å². The van der Waals surface area contributed by atoms with Gasteiger partial charge >= 0.3 is 0 Å². The van der Waals surface area contributed by atoms with E-state index >= 15 is 0 Å². The van der Waals surface area contributed by atoms with Crippen molar-refractivity contribution >= 4 is 33.2 Å². The van der Waals surface area contributed by atoms with Gasteiger partial charge in [-0.15, -0.1) is 11.3 Å². The lowest BCUT2D eigenvalue weighted by Crippen LogP contribution is -2.30. The van der Waals surface area contributed by atoms with Crippen LogP contribution in [-0.4, -0.2) is 24.9 Å². The Hall–Kier alpha value is -0.550. The van der Waals surface area contributed by atoms with E-state index in [4.69, 9.17) is 4.74 Å². The summed E-state index contributed by atoms with van der Waals surface area (Å²) in [6, 6.07) is 1.77. The van der Waals surface area contributed by atoms with E-state index in [2.05, 4.69) is 21.2 Å². The second-order valence-corrected chi connectivity index (χ2v) is 5.64. The summed E-state index contributed by atoms with van der Waals surface area (Å²) in [5.74, 6) is 0.748. The van der Waals surface area contributed by atoms with Crippen molar-refractivity contribution in [1.29, 1.82) is 0 Å². The van der Waals surface area contributed by atoms with E-state index in [1.165, 1.54) is 24.2 Å². The van der Waals surface area contributed by atoms with Gasteiger partial charge in [0.05, 0.1) is 12.0 Å². The normalized spacial score (nSPS) is 16.9. The van der Waals surface area contributed by atoms with E-state index in [9.17, 15) is 4.79 Å². The molecule has 1 heterocycles. The molecule has 1 aliphatic carbocycles. The van der Waals surface area contributed by atoms with E-state index < -0.39 is 0 Å². The number of amides is 1. The highest BCUT2D eigenvalue weighted by Crippen LogP contribution is 2.46. The quantitative estimate of drug-likeness (QED) is 0.849. The first-order valence-electron chi connectivity index (χ1n) is 5.16. The topological polar surface area (TPSA) is 38.3 Å². The molecule has 1 aromatic rings. The number of alkyl halides is 1. The summed E-state index contributed by atoms with van der Waals surface area (Å²) in [5, 5.41) is 5.78. The molecule has 1 saturated carbocycles. The van der Waals surface area contributed by atoms with Crippen LogP contribution in [0, 0.1) is 5.41 Å². The Morgan fingerprint density at radius 1 is 1.69 bits per heavy atom. The van der Waals surface area contributed by atoms with Gasteiger partial charge in [0, 0.05) is 23.3 Å². The summed E-state index contributed by atoms with van der Waals surface area (Å²) in [6.07, 6.45) is 2.40. The lowest BCUT2D eigenvalue weighted by molar-refractivity contribution is 0.0950. The predicted molar refractivity (Wildman–Crippen MR) is 68.7 cm³/mol. The Balaban J connectivity index is 1.88. The average molecular weight is 304 g/mol. The largest absolute Gasteiger partial charge is 0.496 e. The van der Waals surface area contributed by atoms with Crippen molar-refractivity contribution in [2.75, 3.05) is 19.0 Å². The molecule has 16 heavy (non-hydrogen) atoms. The van der Waals surface area contributed by atoms with Crippen molar-refractivity contribution in [2.24, 2.45) is 5.41 Å². The van der Waals surface area contributed by atoms with Crippen LogP contribution in [-0.2, 0) is 0 Å². The van der Waals surface area contributed by atoms with Crippen molar-refractivity contribution in [3.8, 4) is 5.75 Å². The van der Waals surface area contributed by atoms with Gasteiger partial charge in [-0.3, -0.25) is 4.79 Å². The molecule has 2 rings (SSSR count). The van der Waals surface area contributed by atoms with Gasteiger partial charge in [-0.1, -0.05) is 15.9 Å². The summed E-state index contributed by atoms with van der Waals surface area (Å²) in [4.78, 5) is 12.5. The van der Waals surface area contributed by atoms with Crippen molar-refractivity contribution in [2.45, 2.75) is 12.8 Å². The molecule has 0 aliphatic heterocycles. The molecule has 0 unspecified atom stereocenters. The summed E-state index contributed by atoms with van der Waals surface area (Å²) in [5.41, 5.74) is 0.316. The van der Waals surface area contributed by atoms with Gasteiger partial charge in [-0.2, -0.15) is 0 Å². The van der Waals surface area contributed by atoms with E-state index in [0.29, 0.717) is 10.3 Å². The highest BCUT2D eigenvalue weighted by Gasteiger charge is 2.41. The van der Waals surface area contributed by atoms with Crippen LogP contribution in [0.1, 0.15) is 22.5 Å². The first kappa shape index (κ1) is 11.9. The number of thiophene rings is 1. The third kappa shape index (κ3) is 2.58. The monoisotopic (exact) mass is 303 g/mol. The SMILES string of the molecule is COc1csc(C(=O)NCC2(CBr)CC2)c1. The van der Waals surface area contributed by atoms with Crippen LogP contribution in [0.15, 0.2) is 11.4 Å². The third-order valence-electron chi connectivity index (χ3n) is 2.90. The molecular formula is C11H14BrNO2S. The number of rotatable bonds is 5. The van der Waals surface area contributed by atoms with Gasteiger partial charge in [0.15, 0.2) is 0 Å². The standard InChI is InChI=1S/C11H14BrNO2S/c1-15-8-4-9(16-5-8)10(14)13-7-11(6-12)2-3-11/h4-5H,2-3,6-7H2,1H3,(H,13,14). The Labute approximate surface area is 107 Å². The predicted octanol–water partition coefficient (Wildman–Crippen LogP) is 2.66. The van der Waals surface area contributed by atoms with Crippen molar-refractivity contribution in [1.82, 2.24) is 5.32 Å². The number of hydrogen-bond acceptors (Lipinski definition) is 3. The van der Waals surface area contributed by atoms with E-state index in [1.54, 1.807) is 13.2 Å². The van der Waals surface area contributed by atoms with Crippen molar-refractivity contribution in [3.05, 3.63) is 16.3 Å². The molecule has 1 amide bonds. The second-order valence-electron chi connectivity index (χ2n) is 4.17. The Morgan fingerprint density at radius 3 is 2.94 bits per heavy atom. The average Bonchev–Trinajstić information content (AvgIpc) is 2.94. The van der Waals surface area contributed by atoms with Crippen molar-refractivity contribution < 1.29 is 9.53 Å². The van der Waals surface area contributed by atoms with Gasteiger partial charge in [-0.25, -0.2) is 0 Å². The Kier molecular flexibility index (Phi) is 3.54. The number of nitrogens with one attached hydrogen (secondary N) is 1. The maximum Gasteiger partial charge on any atom is 0.261 e. The van der Waals surface area contributed by atoms with E-state index in [-0.39, 0.29) is 5.91 Å². The molecule has 88 valence electrons. The fourth-order valence-electron chi connectivity index (χ4n) is 1.43. The van der Waals surface area contributed by atoms with Crippen LogP contribution in [0.3, 0.4) is 0 Å². The summed E-state index contributed by atoms with van der Waals surface area (Å²) in [6.45, 7) is 0.761. The first-order valence-corrected chi connectivity index (χ1v) is 7.16. The van der Waals surface area contributed by atoms with Gasteiger partial charge in [0.1, 0.15) is 5.75 Å². The fraction of sp³-hybridized carbons (Fsp3) is 0.545. The fourth-order valence-corrected chi connectivity index (χ4v) is 2.96. The smallest absolute Gasteiger partial charge is 0.261 e. The van der Waals surface area contributed by atoms with Crippen LogP contribution in [0.5, 0.6) is 5.75 Å². The van der Waals surface area contributed by atoms with Gasteiger partial charge < -0.3 is 10.1 Å². The minimum atomic E-state index is 0.000486. The van der Waals surface area contributed by atoms with E-state index in [0.717, 1.165) is 17.6 Å². The molecule has 1 aromatic heterocycles. The lowest BCUT2D eigenvalue weighted by Gasteiger charge is -2.11. The maximum absolute atomic E-state index is 11.8. The van der Waals surface area contributed by atoms with Crippen LogP contribution >= 0.6 is 27.3 Å². The Morgan fingerprint density at radius 2 is 2.44 bits per heavy atom. The maximum atomic E-state index is 11.8. The van der Waals surface area contributed by atoms with Crippen LogP contribution in [0.2, 0.25) is 0 Å². The lowest BCUT2D eigenvalue weighted by atomic mass is 10.1. The minimum Gasteiger partial charge on any atom is -0.496 e. The second kappa shape index (κ2) is 4.75. The summed E-state index contributed by atoms with van der Waals surface area (Å²) in [7, 11) is 1.60. The molecule has 0 atom stereocenters. The molecule has 0 bridgehead atoms. The van der Waals surface area contributed by atoms with Gasteiger partial charge in [-0.05, 0) is 18.3 Å². The number of carbonyl (C=O) groups excluding carboxylic acids is 1. The molecule has 1 aliphatic rings. The number of hydrogen-bond donors (Lipinski definition) is 1. The van der Waals surface area contributed by atoms with Crippen LogP contribution in [0.4, 0.5) is 0 Å². The zero-order valence-electron chi connectivity index (χ0n) is 9.09. The molecule has 0 radical (unpaired) electrons. The van der Waals surface area contributed by atoms with Gasteiger partial charge in [0.25, 0.3) is 5.91 Å². The van der Waals surface area contributed by atoms with Crippen molar-refractivity contribution in [3.63, 3.8) is 0 Å². The Bertz CT molecular complexity index is 387. The summed E-state index contributed by atoms with van der Waals surface area (Å²) >= 11 is 4.90. The molecule has 5 heteroatoms. The number of ether oxygens (including phenoxy) is 1. The number of methoxy groups -OCH3 is 1. The highest BCUT2D eigenvalue weighted by atomic mass is 79.9. The van der Waals surface area contributed by atoms with Crippen LogP contribution < -0.4 is 10.1 Å². The molecular weight excluding hydrogens is 290 g/mol. The number of halogens is 1. The minimum absolute atomic E-state index is 0.000486.